The van der Waals surface area contributed by atoms with E-state index in [1.807, 2.05) is 0 Å². The number of ether oxygens (including phenoxy) is 1. The molecule has 1 spiro atoms. The van der Waals surface area contributed by atoms with E-state index in [9.17, 15) is 4.79 Å². The summed E-state index contributed by atoms with van der Waals surface area (Å²) in [5.41, 5.74) is 1.16. The molecule has 0 aromatic heterocycles. The lowest BCUT2D eigenvalue weighted by Gasteiger charge is -2.26. The van der Waals surface area contributed by atoms with Crippen LogP contribution in [-0.2, 0) is 0 Å². The molecule has 2 fully saturated rings. The number of methoxy groups -OCH3 is 1. The molecule has 2 aliphatic rings. The quantitative estimate of drug-likeness (QED) is 0.458. The van der Waals surface area contributed by atoms with Crippen molar-refractivity contribution in [2.24, 2.45) is 10.4 Å². The van der Waals surface area contributed by atoms with Gasteiger partial charge in [0.25, 0.3) is 5.91 Å². The number of hydrogen-bond acceptors (Lipinski definition) is 3. The predicted molar refractivity (Wildman–Crippen MR) is 108 cm³/mol. The number of aliphatic imine (C=N–C) groups is 1. The van der Waals surface area contributed by atoms with E-state index < -0.39 is 0 Å². The smallest absolute Gasteiger partial charge is 0.251 e. The molecule has 1 aliphatic heterocycles. The van der Waals surface area contributed by atoms with Crippen LogP contribution in [-0.4, -0.2) is 56.6 Å². The summed E-state index contributed by atoms with van der Waals surface area (Å²) in [6, 6.07) is 7.13. The Bertz CT molecular complexity index is 651. The lowest BCUT2D eigenvalue weighted by molar-refractivity contribution is 0.0954. The molecule has 0 bridgehead atoms. The Labute approximate surface area is 162 Å². The predicted octanol–water partition coefficient (Wildman–Crippen LogP) is 2.66. The van der Waals surface area contributed by atoms with Gasteiger partial charge in [-0.2, -0.15) is 0 Å². The molecule has 1 aromatic carbocycles. The van der Waals surface area contributed by atoms with Gasteiger partial charge in [0.15, 0.2) is 5.96 Å². The summed E-state index contributed by atoms with van der Waals surface area (Å²) in [4.78, 5) is 19.4. The average molecular weight is 373 g/mol. The third-order valence-corrected chi connectivity index (χ3v) is 5.75. The number of hydrogen-bond donors (Lipinski definition) is 2. The van der Waals surface area contributed by atoms with Crippen LogP contribution in [0.15, 0.2) is 29.3 Å². The van der Waals surface area contributed by atoms with Gasteiger partial charge >= 0.3 is 0 Å². The number of nitrogens with one attached hydrogen (secondary N) is 2. The highest BCUT2D eigenvalue weighted by Gasteiger charge is 2.41. The van der Waals surface area contributed by atoms with Crippen molar-refractivity contribution in [1.82, 2.24) is 15.5 Å². The van der Waals surface area contributed by atoms with Crippen molar-refractivity contribution < 1.29 is 9.53 Å². The van der Waals surface area contributed by atoms with E-state index in [-0.39, 0.29) is 5.91 Å². The Balaban J connectivity index is 1.49. The summed E-state index contributed by atoms with van der Waals surface area (Å²) in [7, 11) is 1.62. The van der Waals surface area contributed by atoms with Gasteiger partial charge in [0.2, 0.25) is 0 Å². The first-order valence-electron chi connectivity index (χ1n) is 10.1. The van der Waals surface area contributed by atoms with E-state index in [1.165, 1.54) is 32.1 Å². The molecule has 1 saturated heterocycles. The summed E-state index contributed by atoms with van der Waals surface area (Å²) in [6.45, 7) is 6.27. The maximum absolute atomic E-state index is 12.2. The molecule has 1 amide bonds. The zero-order valence-electron chi connectivity index (χ0n) is 16.6. The van der Waals surface area contributed by atoms with Crippen molar-refractivity contribution in [1.29, 1.82) is 0 Å². The van der Waals surface area contributed by atoms with Gasteiger partial charge in [0.1, 0.15) is 5.75 Å². The molecule has 3 rings (SSSR count). The molecule has 1 saturated carbocycles. The normalized spacial score (nSPS) is 18.7. The SMILES string of the molecule is CCNC(=NCCNC(=O)c1ccc(OC)cc1)N1CCC2(CCCC2)C1. The molecule has 1 aromatic rings. The monoisotopic (exact) mass is 372 g/mol. The fraction of sp³-hybridized carbons (Fsp3) is 0.619. The summed E-state index contributed by atoms with van der Waals surface area (Å²) in [5.74, 6) is 1.65. The Morgan fingerprint density at radius 2 is 1.93 bits per heavy atom. The molecule has 0 atom stereocenters. The van der Waals surface area contributed by atoms with Crippen molar-refractivity contribution in [3.8, 4) is 5.75 Å². The minimum Gasteiger partial charge on any atom is -0.497 e. The van der Waals surface area contributed by atoms with Crippen LogP contribution in [0.25, 0.3) is 0 Å². The second kappa shape index (κ2) is 9.11. The van der Waals surface area contributed by atoms with Crippen molar-refractivity contribution in [2.75, 3.05) is 39.8 Å². The van der Waals surface area contributed by atoms with E-state index in [0.29, 0.717) is 24.1 Å². The third kappa shape index (κ3) is 4.93. The van der Waals surface area contributed by atoms with Crippen molar-refractivity contribution in [3.63, 3.8) is 0 Å². The molecule has 6 nitrogen and oxygen atoms in total. The van der Waals surface area contributed by atoms with Gasteiger partial charge in [-0.25, -0.2) is 0 Å². The molecular formula is C21H32N4O2. The lowest BCUT2D eigenvalue weighted by Crippen LogP contribution is -2.41. The minimum absolute atomic E-state index is 0.0797. The number of nitrogens with zero attached hydrogens (tertiary/aromatic N) is 2. The summed E-state index contributed by atoms with van der Waals surface area (Å²) >= 11 is 0. The molecule has 1 aliphatic carbocycles. The largest absolute Gasteiger partial charge is 0.497 e. The molecule has 0 radical (unpaired) electrons. The van der Waals surface area contributed by atoms with E-state index in [0.717, 1.165) is 31.3 Å². The summed E-state index contributed by atoms with van der Waals surface area (Å²) in [5, 5.41) is 6.35. The Hall–Kier alpha value is -2.24. The van der Waals surface area contributed by atoms with Gasteiger partial charge in [-0.05, 0) is 55.9 Å². The van der Waals surface area contributed by atoms with Gasteiger partial charge < -0.3 is 20.3 Å². The second-order valence-corrected chi connectivity index (χ2v) is 7.60. The minimum atomic E-state index is -0.0797. The molecular weight excluding hydrogens is 340 g/mol. The van der Waals surface area contributed by atoms with Crippen LogP contribution in [0.2, 0.25) is 0 Å². The van der Waals surface area contributed by atoms with E-state index >= 15 is 0 Å². The highest BCUT2D eigenvalue weighted by atomic mass is 16.5. The number of guanidine groups is 1. The van der Waals surface area contributed by atoms with Gasteiger partial charge in [0.05, 0.1) is 13.7 Å². The third-order valence-electron chi connectivity index (χ3n) is 5.75. The highest BCUT2D eigenvalue weighted by Crippen LogP contribution is 2.45. The standard InChI is InChI=1S/C21H32N4O2/c1-3-22-20(25-15-12-21(16-25)10-4-5-11-21)24-14-13-23-19(26)17-6-8-18(27-2)9-7-17/h6-9H,3-5,10-16H2,1-2H3,(H,22,24)(H,23,26). The number of benzene rings is 1. The zero-order chi connectivity index (χ0) is 19.1. The second-order valence-electron chi connectivity index (χ2n) is 7.60. The molecule has 2 N–H and O–H groups in total. The van der Waals surface area contributed by atoms with Gasteiger partial charge in [0, 0.05) is 31.7 Å². The first-order chi connectivity index (χ1) is 13.2. The van der Waals surface area contributed by atoms with E-state index in [1.54, 1.807) is 31.4 Å². The van der Waals surface area contributed by atoms with Crippen LogP contribution in [0.1, 0.15) is 49.4 Å². The average Bonchev–Trinajstić information content (AvgIpc) is 3.34. The molecule has 148 valence electrons. The van der Waals surface area contributed by atoms with E-state index in [4.69, 9.17) is 9.73 Å². The molecule has 27 heavy (non-hydrogen) atoms. The van der Waals surface area contributed by atoms with Crippen LogP contribution in [0.3, 0.4) is 0 Å². The zero-order valence-corrected chi connectivity index (χ0v) is 16.6. The topological polar surface area (TPSA) is 66.0 Å². The first kappa shape index (κ1) is 19.5. The number of carbonyl (C=O) groups excluding carboxylic acids is 1. The van der Waals surface area contributed by atoms with Gasteiger partial charge in [-0.15, -0.1) is 0 Å². The number of carbonyl (C=O) groups is 1. The van der Waals surface area contributed by atoms with Crippen LogP contribution in [0.5, 0.6) is 5.75 Å². The Morgan fingerprint density at radius 1 is 1.19 bits per heavy atom. The highest BCUT2D eigenvalue weighted by molar-refractivity contribution is 5.94. The van der Waals surface area contributed by atoms with Crippen molar-refractivity contribution in [3.05, 3.63) is 29.8 Å². The molecule has 0 unspecified atom stereocenters. The Morgan fingerprint density at radius 3 is 2.59 bits per heavy atom. The number of rotatable bonds is 6. The van der Waals surface area contributed by atoms with Crippen molar-refractivity contribution >= 4 is 11.9 Å². The van der Waals surface area contributed by atoms with Crippen molar-refractivity contribution in [2.45, 2.75) is 39.0 Å². The van der Waals surface area contributed by atoms with Crippen LogP contribution in [0.4, 0.5) is 0 Å². The fourth-order valence-electron chi connectivity index (χ4n) is 4.25. The van der Waals surface area contributed by atoms with Crippen LogP contribution in [0, 0.1) is 5.41 Å². The summed E-state index contributed by atoms with van der Waals surface area (Å²) in [6.07, 6.45) is 6.76. The summed E-state index contributed by atoms with van der Waals surface area (Å²) < 4.78 is 5.12. The van der Waals surface area contributed by atoms with Gasteiger partial charge in [-0.3, -0.25) is 9.79 Å². The number of likely N-dealkylation sites (tertiary alicyclic amines) is 1. The fourth-order valence-corrected chi connectivity index (χ4v) is 4.25. The maximum Gasteiger partial charge on any atom is 0.251 e. The van der Waals surface area contributed by atoms with Crippen LogP contribution >= 0.6 is 0 Å². The molecule has 6 heteroatoms. The first-order valence-corrected chi connectivity index (χ1v) is 10.1. The Kier molecular flexibility index (Phi) is 6.58. The molecule has 1 heterocycles. The van der Waals surface area contributed by atoms with Crippen LogP contribution < -0.4 is 15.4 Å². The number of amides is 1. The van der Waals surface area contributed by atoms with E-state index in [2.05, 4.69) is 22.5 Å². The maximum atomic E-state index is 12.2. The lowest BCUT2D eigenvalue weighted by atomic mass is 9.86. The van der Waals surface area contributed by atoms with Gasteiger partial charge in [-0.1, -0.05) is 12.8 Å².